The highest BCUT2D eigenvalue weighted by atomic mass is 35.5. The summed E-state index contributed by atoms with van der Waals surface area (Å²) in [6, 6.07) is 8.52. The van der Waals surface area contributed by atoms with E-state index in [9.17, 15) is 13.2 Å². The summed E-state index contributed by atoms with van der Waals surface area (Å²) < 4.78 is 32.3. The second-order valence-corrected chi connectivity index (χ2v) is 10.7. The van der Waals surface area contributed by atoms with Gasteiger partial charge in [0.05, 0.1) is 22.4 Å². The molecule has 31 heavy (non-hydrogen) atoms. The number of hydrogen-bond donors (Lipinski definition) is 0. The normalized spacial score (nSPS) is 11.7. The molecule has 0 fully saturated rings. The second-order valence-electron chi connectivity index (χ2n) is 7.72. The predicted molar refractivity (Wildman–Crippen MR) is 121 cm³/mol. The number of aromatic nitrogens is 3. The highest BCUT2D eigenvalue weighted by Crippen LogP contribution is 2.28. The third kappa shape index (κ3) is 5.32. The van der Waals surface area contributed by atoms with Crippen molar-refractivity contribution in [2.75, 3.05) is 0 Å². The van der Waals surface area contributed by atoms with Gasteiger partial charge in [0.25, 0.3) is 5.56 Å². The number of nitrogens with zero attached hydrogens (tertiary/aromatic N) is 3. The van der Waals surface area contributed by atoms with Crippen molar-refractivity contribution in [3.8, 4) is 23.0 Å². The van der Waals surface area contributed by atoms with Crippen LogP contribution in [0.5, 0.6) is 11.8 Å². The van der Waals surface area contributed by atoms with Crippen molar-refractivity contribution in [3.63, 3.8) is 0 Å². The molecule has 0 amide bonds. The molecular weight excluding hydrogens is 438 g/mol. The molecule has 0 saturated carbocycles. The number of hydrogen-bond acceptors (Lipinski definition) is 6. The van der Waals surface area contributed by atoms with Crippen molar-refractivity contribution in [1.82, 2.24) is 14.5 Å². The fraction of sp³-hybridized carbons (Fsp3) is 0.318. The lowest BCUT2D eigenvalue weighted by Crippen LogP contribution is -2.19. The number of halogens is 1. The number of pyridine rings is 1. The third-order valence-electron chi connectivity index (χ3n) is 4.84. The Morgan fingerprint density at radius 3 is 2.45 bits per heavy atom. The van der Waals surface area contributed by atoms with Gasteiger partial charge >= 0.3 is 6.01 Å². The van der Waals surface area contributed by atoms with E-state index in [-0.39, 0.29) is 17.3 Å². The topological polar surface area (TPSA) is 91.1 Å². The van der Waals surface area contributed by atoms with Crippen molar-refractivity contribution in [3.05, 3.63) is 68.7 Å². The fourth-order valence-corrected chi connectivity index (χ4v) is 3.97. The quantitative estimate of drug-likeness (QED) is 0.545. The third-order valence-corrected chi connectivity index (χ3v) is 7.21. The summed E-state index contributed by atoms with van der Waals surface area (Å²) >= 11 is 6.08. The Morgan fingerprint density at radius 1 is 1.10 bits per heavy atom. The predicted octanol–water partition coefficient (Wildman–Crippen LogP) is 4.23. The first-order chi connectivity index (χ1) is 14.5. The van der Waals surface area contributed by atoms with E-state index in [1.807, 2.05) is 13.0 Å². The van der Waals surface area contributed by atoms with Gasteiger partial charge in [-0.2, -0.15) is 9.97 Å². The number of rotatable bonds is 6. The molecule has 9 heteroatoms. The molecule has 7 nitrogen and oxygen atoms in total. The average Bonchev–Trinajstić information content (AvgIpc) is 2.68. The standard InChI is InChI=1S/C22H24ClN3O4S/c1-13(2)31(28,29)12-18-10-19(16-8-15(4)21(27)26(5)11-16)25-22(24-18)30-20-9-17(23)7-6-14(20)3/h6-11,13H,12H2,1-5H3. The lowest BCUT2D eigenvalue weighted by atomic mass is 10.1. The van der Waals surface area contributed by atoms with Gasteiger partial charge in [-0.05, 0) is 57.5 Å². The van der Waals surface area contributed by atoms with Crippen LogP contribution in [-0.2, 0) is 22.6 Å². The van der Waals surface area contributed by atoms with Crippen LogP contribution in [0.15, 0.2) is 41.3 Å². The molecule has 2 heterocycles. The SMILES string of the molecule is Cc1ccc(Cl)cc1Oc1nc(CS(=O)(=O)C(C)C)cc(-c2cc(C)c(=O)n(C)c2)n1. The summed E-state index contributed by atoms with van der Waals surface area (Å²) in [4.78, 5) is 20.9. The van der Waals surface area contributed by atoms with E-state index in [2.05, 4.69) is 9.97 Å². The number of aryl methyl sites for hydroxylation is 3. The van der Waals surface area contributed by atoms with Gasteiger partial charge in [0.2, 0.25) is 0 Å². The summed E-state index contributed by atoms with van der Waals surface area (Å²) in [6.45, 7) is 6.82. The van der Waals surface area contributed by atoms with Crippen molar-refractivity contribution < 1.29 is 13.2 Å². The summed E-state index contributed by atoms with van der Waals surface area (Å²) in [5.74, 6) is 0.217. The summed E-state index contributed by atoms with van der Waals surface area (Å²) in [6.07, 6.45) is 1.65. The molecule has 0 aliphatic rings. The van der Waals surface area contributed by atoms with E-state index in [4.69, 9.17) is 16.3 Å². The highest BCUT2D eigenvalue weighted by molar-refractivity contribution is 7.91. The van der Waals surface area contributed by atoms with Gasteiger partial charge in [0.15, 0.2) is 9.84 Å². The van der Waals surface area contributed by atoms with E-state index < -0.39 is 15.1 Å². The molecule has 164 valence electrons. The van der Waals surface area contributed by atoms with Crippen LogP contribution in [0, 0.1) is 13.8 Å². The maximum Gasteiger partial charge on any atom is 0.322 e. The lowest BCUT2D eigenvalue weighted by molar-refractivity contribution is 0.437. The van der Waals surface area contributed by atoms with Gasteiger partial charge in [-0.25, -0.2) is 8.42 Å². The van der Waals surface area contributed by atoms with Crippen LogP contribution in [0.4, 0.5) is 0 Å². The van der Waals surface area contributed by atoms with Crippen LogP contribution in [0.2, 0.25) is 5.02 Å². The maximum atomic E-state index is 12.5. The molecule has 0 aliphatic heterocycles. The minimum absolute atomic E-state index is 0.00308. The van der Waals surface area contributed by atoms with Gasteiger partial charge < -0.3 is 9.30 Å². The van der Waals surface area contributed by atoms with Gasteiger partial charge in [0.1, 0.15) is 5.75 Å². The second kappa shape index (κ2) is 8.80. The van der Waals surface area contributed by atoms with Crippen molar-refractivity contribution in [1.29, 1.82) is 0 Å². The molecule has 0 unspecified atom stereocenters. The smallest absolute Gasteiger partial charge is 0.322 e. The van der Waals surface area contributed by atoms with E-state index in [0.29, 0.717) is 33.3 Å². The Kier molecular flexibility index (Phi) is 6.52. The Balaban J connectivity index is 2.14. The largest absolute Gasteiger partial charge is 0.424 e. The van der Waals surface area contributed by atoms with E-state index in [0.717, 1.165) is 5.56 Å². The Morgan fingerprint density at radius 2 is 1.81 bits per heavy atom. The van der Waals surface area contributed by atoms with E-state index in [1.54, 1.807) is 58.3 Å². The molecule has 0 atom stereocenters. The molecule has 0 radical (unpaired) electrons. The van der Waals surface area contributed by atoms with Gasteiger partial charge in [-0.1, -0.05) is 17.7 Å². The van der Waals surface area contributed by atoms with Gasteiger partial charge in [-0.15, -0.1) is 0 Å². The average molecular weight is 462 g/mol. The zero-order valence-corrected chi connectivity index (χ0v) is 19.6. The van der Waals surface area contributed by atoms with Crippen LogP contribution in [0.1, 0.15) is 30.7 Å². The molecule has 0 saturated heterocycles. The Bertz CT molecular complexity index is 1270. The molecule has 2 aromatic heterocycles. The van der Waals surface area contributed by atoms with E-state index >= 15 is 0 Å². The van der Waals surface area contributed by atoms with Crippen LogP contribution in [0.25, 0.3) is 11.3 Å². The molecule has 3 rings (SSSR count). The minimum Gasteiger partial charge on any atom is -0.424 e. The van der Waals surface area contributed by atoms with Crippen molar-refractivity contribution in [2.45, 2.75) is 38.7 Å². The van der Waals surface area contributed by atoms with Crippen molar-refractivity contribution in [2.24, 2.45) is 7.05 Å². The summed E-state index contributed by atoms with van der Waals surface area (Å²) in [5.41, 5.74) is 2.66. The number of sulfone groups is 1. The van der Waals surface area contributed by atoms with Crippen LogP contribution in [-0.4, -0.2) is 28.2 Å². The lowest BCUT2D eigenvalue weighted by Gasteiger charge is -2.13. The van der Waals surface area contributed by atoms with Crippen molar-refractivity contribution >= 4 is 21.4 Å². The minimum atomic E-state index is -3.40. The summed E-state index contributed by atoms with van der Waals surface area (Å²) in [7, 11) is -1.75. The van der Waals surface area contributed by atoms with Crippen LogP contribution >= 0.6 is 11.6 Å². The number of ether oxygens (including phenoxy) is 1. The molecule has 0 bridgehead atoms. The zero-order valence-electron chi connectivity index (χ0n) is 18.0. The number of benzene rings is 1. The molecule has 0 aliphatic carbocycles. The Labute approximate surface area is 186 Å². The highest BCUT2D eigenvalue weighted by Gasteiger charge is 2.20. The molecule has 3 aromatic rings. The van der Waals surface area contributed by atoms with Gasteiger partial charge in [0, 0.05) is 29.4 Å². The van der Waals surface area contributed by atoms with Crippen LogP contribution in [0.3, 0.4) is 0 Å². The fourth-order valence-electron chi connectivity index (χ4n) is 2.91. The zero-order chi connectivity index (χ0) is 22.9. The Hall–Kier alpha value is -2.71. The first-order valence-corrected chi connectivity index (χ1v) is 11.8. The summed E-state index contributed by atoms with van der Waals surface area (Å²) in [5, 5.41) is -0.0571. The molecule has 1 aromatic carbocycles. The first-order valence-electron chi connectivity index (χ1n) is 9.67. The monoisotopic (exact) mass is 461 g/mol. The molecular formula is C22H24ClN3O4S. The van der Waals surface area contributed by atoms with E-state index in [1.165, 1.54) is 4.57 Å². The maximum absolute atomic E-state index is 12.5. The van der Waals surface area contributed by atoms with Crippen LogP contribution < -0.4 is 10.3 Å². The van der Waals surface area contributed by atoms with Gasteiger partial charge in [-0.3, -0.25) is 4.79 Å². The molecule has 0 N–H and O–H groups in total. The first kappa shape index (κ1) is 23.0. The molecule has 0 spiro atoms.